The van der Waals surface area contributed by atoms with Crippen molar-refractivity contribution < 1.29 is 9.53 Å². The van der Waals surface area contributed by atoms with Crippen LogP contribution in [-0.2, 0) is 4.79 Å². The smallest absolute Gasteiger partial charge is 0.233 e. The van der Waals surface area contributed by atoms with Gasteiger partial charge in [-0.05, 0) is 24.3 Å². The van der Waals surface area contributed by atoms with Crippen LogP contribution in [0.4, 0.5) is 5.69 Å². The lowest BCUT2D eigenvalue weighted by Gasteiger charge is -2.36. The lowest BCUT2D eigenvalue weighted by atomic mass is 10.2. The van der Waals surface area contributed by atoms with Crippen molar-refractivity contribution in [2.75, 3.05) is 43.9 Å². The highest BCUT2D eigenvalue weighted by Gasteiger charge is 2.23. The first-order chi connectivity index (χ1) is 17.2. The van der Waals surface area contributed by atoms with Crippen LogP contribution < -0.4 is 9.64 Å². The number of hydrogen-bond acceptors (Lipinski definition) is 6. The molecule has 8 heteroatoms. The number of carbonyl (C=O) groups excluding carboxylic acids is 1. The summed E-state index contributed by atoms with van der Waals surface area (Å²) in [5.41, 5.74) is 3.07. The highest BCUT2D eigenvalue weighted by molar-refractivity contribution is 7.99. The maximum absolute atomic E-state index is 13.0. The summed E-state index contributed by atoms with van der Waals surface area (Å²) in [5.74, 6) is 2.04. The second kappa shape index (κ2) is 10.7. The number of nitrogens with zero attached hydrogens (tertiary/aromatic N) is 5. The molecule has 2 heterocycles. The van der Waals surface area contributed by atoms with Crippen molar-refractivity contribution in [2.45, 2.75) is 5.16 Å². The Morgan fingerprint density at radius 3 is 2.26 bits per heavy atom. The number of thioether (sulfide) groups is 1. The van der Waals surface area contributed by atoms with Gasteiger partial charge in [0.2, 0.25) is 5.91 Å². The highest BCUT2D eigenvalue weighted by Crippen LogP contribution is 2.28. The van der Waals surface area contributed by atoms with E-state index in [-0.39, 0.29) is 5.91 Å². The van der Waals surface area contributed by atoms with E-state index in [0.29, 0.717) is 24.0 Å². The van der Waals surface area contributed by atoms with E-state index in [1.165, 1.54) is 11.8 Å². The quantitative estimate of drug-likeness (QED) is 0.362. The number of amides is 1. The van der Waals surface area contributed by atoms with Crippen LogP contribution in [0.15, 0.2) is 90.1 Å². The van der Waals surface area contributed by atoms with Gasteiger partial charge >= 0.3 is 0 Å². The molecule has 1 fully saturated rings. The number of hydrogen-bond donors (Lipinski definition) is 0. The van der Waals surface area contributed by atoms with Gasteiger partial charge in [0.25, 0.3) is 0 Å². The fourth-order valence-corrected chi connectivity index (χ4v) is 5.04. The molecule has 3 aromatic carbocycles. The minimum absolute atomic E-state index is 0.115. The molecule has 0 spiro atoms. The molecule has 35 heavy (non-hydrogen) atoms. The normalized spacial score (nSPS) is 13.6. The first kappa shape index (κ1) is 23.0. The summed E-state index contributed by atoms with van der Waals surface area (Å²) in [6.45, 7) is 2.97. The van der Waals surface area contributed by atoms with Crippen LogP contribution in [0.2, 0.25) is 0 Å². The Bertz CT molecular complexity index is 1270. The molecule has 0 atom stereocenters. The zero-order valence-electron chi connectivity index (χ0n) is 19.6. The molecule has 1 amide bonds. The molecule has 1 aliphatic rings. The van der Waals surface area contributed by atoms with Gasteiger partial charge in [-0.2, -0.15) is 0 Å². The first-order valence-corrected chi connectivity index (χ1v) is 12.6. The van der Waals surface area contributed by atoms with Crippen molar-refractivity contribution in [3.05, 3.63) is 84.9 Å². The predicted octanol–water partition coefficient (Wildman–Crippen LogP) is 4.38. The number of methoxy groups -OCH3 is 1. The van der Waals surface area contributed by atoms with E-state index in [9.17, 15) is 4.79 Å². The van der Waals surface area contributed by atoms with Crippen molar-refractivity contribution >= 4 is 23.4 Å². The average Bonchev–Trinajstić information content (AvgIpc) is 3.37. The molecule has 0 N–H and O–H groups in total. The maximum Gasteiger partial charge on any atom is 0.233 e. The van der Waals surface area contributed by atoms with Crippen LogP contribution in [-0.4, -0.2) is 64.6 Å². The van der Waals surface area contributed by atoms with E-state index >= 15 is 0 Å². The number of benzene rings is 3. The number of carbonyl (C=O) groups is 1. The Kier molecular flexibility index (Phi) is 6.99. The first-order valence-electron chi connectivity index (χ1n) is 11.6. The predicted molar refractivity (Wildman–Crippen MR) is 139 cm³/mol. The van der Waals surface area contributed by atoms with Gasteiger partial charge in [0.05, 0.1) is 12.9 Å². The molecular formula is C27H27N5O2S. The number of piperazine rings is 1. The van der Waals surface area contributed by atoms with Gasteiger partial charge in [-0.25, -0.2) is 0 Å². The largest absolute Gasteiger partial charge is 0.497 e. The number of para-hydroxylation sites is 1. The molecule has 1 aromatic heterocycles. The molecule has 0 bridgehead atoms. The Labute approximate surface area is 209 Å². The van der Waals surface area contributed by atoms with Crippen molar-refractivity contribution in [1.29, 1.82) is 0 Å². The molecule has 4 aromatic rings. The van der Waals surface area contributed by atoms with Crippen molar-refractivity contribution in [2.24, 2.45) is 0 Å². The molecular weight excluding hydrogens is 458 g/mol. The van der Waals surface area contributed by atoms with Crippen LogP contribution >= 0.6 is 11.8 Å². The standard InChI is InChI=1S/C27H27N5O2S/c1-34-24-14-8-13-23(19-24)30-15-17-31(18-16-30)25(33)20-35-27-29-28-26(21-9-4-2-5-10-21)32(27)22-11-6-3-7-12-22/h2-14,19H,15-18,20H2,1H3. The third kappa shape index (κ3) is 5.17. The van der Waals surface area contributed by atoms with Gasteiger partial charge in [0.1, 0.15) is 5.75 Å². The Balaban J connectivity index is 1.26. The van der Waals surface area contributed by atoms with Crippen molar-refractivity contribution in [3.8, 4) is 22.8 Å². The van der Waals surface area contributed by atoms with Gasteiger partial charge < -0.3 is 14.5 Å². The second-order valence-electron chi connectivity index (χ2n) is 8.20. The van der Waals surface area contributed by atoms with Crippen molar-refractivity contribution in [3.63, 3.8) is 0 Å². The Hall–Kier alpha value is -3.78. The van der Waals surface area contributed by atoms with Crippen LogP contribution in [0.3, 0.4) is 0 Å². The molecule has 7 nitrogen and oxygen atoms in total. The number of rotatable bonds is 7. The van der Waals surface area contributed by atoms with E-state index in [2.05, 4.69) is 21.2 Å². The molecule has 0 aliphatic carbocycles. The summed E-state index contributed by atoms with van der Waals surface area (Å²) >= 11 is 1.43. The summed E-state index contributed by atoms with van der Waals surface area (Å²) in [6, 6.07) is 28.1. The third-order valence-electron chi connectivity index (χ3n) is 6.06. The summed E-state index contributed by atoms with van der Waals surface area (Å²) in [5, 5.41) is 9.61. The van der Waals surface area contributed by atoms with Crippen molar-refractivity contribution in [1.82, 2.24) is 19.7 Å². The van der Waals surface area contributed by atoms with Gasteiger partial charge in [0, 0.05) is 49.2 Å². The van der Waals surface area contributed by atoms with Gasteiger partial charge in [-0.3, -0.25) is 9.36 Å². The SMILES string of the molecule is COc1cccc(N2CCN(C(=O)CSc3nnc(-c4ccccc4)n3-c3ccccc3)CC2)c1. The van der Waals surface area contributed by atoms with Crippen LogP contribution in [0, 0.1) is 0 Å². The fourth-order valence-electron chi connectivity index (χ4n) is 4.19. The van der Waals surface area contributed by atoms with Crippen LogP contribution in [0.25, 0.3) is 17.1 Å². The Morgan fingerprint density at radius 2 is 1.54 bits per heavy atom. The molecule has 0 saturated carbocycles. The summed E-state index contributed by atoms with van der Waals surface area (Å²) in [6.07, 6.45) is 0. The summed E-state index contributed by atoms with van der Waals surface area (Å²) in [4.78, 5) is 17.3. The summed E-state index contributed by atoms with van der Waals surface area (Å²) in [7, 11) is 1.68. The fraction of sp³-hybridized carbons (Fsp3) is 0.222. The number of ether oxygens (including phenoxy) is 1. The third-order valence-corrected chi connectivity index (χ3v) is 6.97. The molecule has 5 rings (SSSR count). The summed E-state index contributed by atoms with van der Waals surface area (Å²) < 4.78 is 7.37. The molecule has 1 saturated heterocycles. The topological polar surface area (TPSA) is 63.5 Å². The minimum Gasteiger partial charge on any atom is -0.497 e. The Morgan fingerprint density at radius 1 is 0.857 bits per heavy atom. The minimum atomic E-state index is 0.115. The van der Waals surface area contributed by atoms with Gasteiger partial charge in [-0.15, -0.1) is 10.2 Å². The van der Waals surface area contributed by atoms with E-state index in [0.717, 1.165) is 41.6 Å². The van der Waals surface area contributed by atoms with Gasteiger partial charge in [-0.1, -0.05) is 66.4 Å². The lowest BCUT2D eigenvalue weighted by Crippen LogP contribution is -2.49. The maximum atomic E-state index is 13.0. The van der Waals surface area contributed by atoms with E-state index in [1.807, 2.05) is 88.3 Å². The van der Waals surface area contributed by atoms with Crippen LogP contribution in [0.1, 0.15) is 0 Å². The molecule has 178 valence electrons. The number of aromatic nitrogens is 3. The second-order valence-corrected chi connectivity index (χ2v) is 9.14. The molecule has 0 unspecified atom stereocenters. The lowest BCUT2D eigenvalue weighted by molar-refractivity contribution is -0.128. The number of anilines is 1. The van der Waals surface area contributed by atoms with E-state index in [4.69, 9.17) is 4.74 Å². The monoisotopic (exact) mass is 485 g/mol. The van der Waals surface area contributed by atoms with E-state index < -0.39 is 0 Å². The highest BCUT2D eigenvalue weighted by atomic mass is 32.2. The average molecular weight is 486 g/mol. The zero-order valence-corrected chi connectivity index (χ0v) is 20.4. The molecule has 1 aliphatic heterocycles. The van der Waals surface area contributed by atoms with Crippen LogP contribution in [0.5, 0.6) is 5.75 Å². The van der Waals surface area contributed by atoms with E-state index in [1.54, 1.807) is 7.11 Å². The zero-order chi connectivity index (χ0) is 24.0. The molecule has 0 radical (unpaired) electrons. The van der Waals surface area contributed by atoms with Gasteiger partial charge in [0.15, 0.2) is 11.0 Å².